The lowest BCUT2D eigenvalue weighted by molar-refractivity contribution is 0.611. The van der Waals surface area contributed by atoms with Crippen molar-refractivity contribution in [2.24, 2.45) is 0 Å². The Bertz CT molecular complexity index is 1540. The maximum Gasteiger partial charge on any atom is 0.0991 e. The fourth-order valence-electron chi connectivity index (χ4n) is 4.43. The molecule has 4 nitrogen and oxygen atoms in total. The lowest BCUT2D eigenvalue weighted by atomic mass is 10.1. The summed E-state index contributed by atoms with van der Waals surface area (Å²) in [7, 11) is 0. The van der Waals surface area contributed by atoms with Crippen molar-refractivity contribution in [3.8, 4) is 27.0 Å². The van der Waals surface area contributed by atoms with Gasteiger partial charge >= 0.3 is 0 Å². The fraction of sp³-hybridized carbons (Fsp3) is 0.188. The molecule has 190 valence electrons. The predicted octanol–water partition coefficient (Wildman–Crippen LogP) is 8.53. The molecule has 38 heavy (non-hydrogen) atoms. The number of hydrogen-bond acceptors (Lipinski definition) is 5. The Kier molecular flexibility index (Phi) is 8.67. The lowest BCUT2D eigenvalue weighted by Gasteiger charge is -2.10. The molecule has 0 saturated heterocycles. The van der Waals surface area contributed by atoms with Gasteiger partial charge in [-0.15, -0.1) is 11.3 Å². The van der Waals surface area contributed by atoms with Crippen LogP contribution in [0.25, 0.3) is 31.8 Å². The Morgan fingerprint density at radius 1 is 0.789 bits per heavy atom. The second-order valence-electron chi connectivity index (χ2n) is 9.23. The first-order chi connectivity index (χ1) is 18.7. The average Bonchev–Trinajstić information content (AvgIpc) is 3.45. The summed E-state index contributed by atoms with van der Waals surface area (Å²) in [5, 5.41) is 17.9. The molecule has 6 heteroatoms. The van der Waals surface area contributed by atoms with Crippen molar-refractivity contribution in [2.45, 2.75) is 25.8 Å². The van der Waals surface area contributed by atoms with E-state index >= 15 is 0 Å². The van der Waals surface area contributed by atoms with Gasteiger partial charge in [-0.05, 0) is 84.6 Å². The largest absolute Gasteiger partial charge is 0.384 e. The summed E-state index contributed by atoms with van der Waals surface area (Å²) in [6.45, 7) is 2.83. The van der Waals surface area contributed by atoms with Gasteiger partial charge in [0.2, 0.25) is 0 Å². The number of halogens is 1. The monoisotopic (exact) mass is 536 g/mol. The molecule has 0 aliphatic rings. The van der Waals surface area contributed by atoms with E-state index < -0.39 is 0 Å². The van der Waals surface area contributed by atoms with Crippen molar-refractivity contribution >= 4 is 39.5 Å². The number of pyridine rings is 1. The van der Waals surface area contributed by atoms with Gasteiger partial charge < -0.3 is 10.6 Å². The van der Waals surface area contributed by atoms with E-state index in [1.807, 2.05) is 54.7 Å². The molecule has 0 spiro atoms. The maximum absolute atomic E-state index is 9.00. The zero-order chi connectivity index (χ0) is 26.2. The topological polar surface area (TPSA) is 60.7 Å². The van der Waals surface area contributed by atoms with Crippen LogP contribution in [0.3, 0.4) is 0 Å². The Hall–Kier alpha value is -3.69. The zero-order valence-corrected chi connectivity index (χ0v) is 22.7. The quantitative estimate of drug-likeness (QED) is 0.166. The molecule has 0 aliphatic heterocycles. The van der Waals surface area contributed by atoms with Crippen LogP contribution in [0.4, 0.5) is 5.69 Å². The van der Waals surface area contributed by atoms with Crippen LogP contribution in [0.2, 0.25) is 5.02 Å². The summed E-state index contributed by atoms with van der Waals surface area (Å²) in [4.78, 5) is 6.87. The summed E-state index contributed by atoms with van der Waals surface area (Å²) in [6, 6.07) is 30.9. The van der Waals surface area contributed by atoms with E-state index in [0.717, 1.165) is 54.6 Å². The van der Waals surface area contributed by atoms with Crippen LogP contribution < -0.4 is 10.6 Å². The Morgan fingerprint density at radius 3 is 2.24 bits per heavy atom. The molecule has 2 aromatic heterocycles. The molecule has 0 radical (unpaired) electrons. The third-order valence-corrected chi connectivity index (χ3v) is 7.94. The molecule has 5 rings (SSSR count). The second-order valence-corrected chi connectivity index (χ2v) is 10.8. The minimum atomic E-state index is 0.688. The molecule has 0 atom stereocenters. The molecule has 0 unspecified atom stereocenters. The van der Waals surface area contributed by atoms with Gasteiger partial charge in [0.25, 0.3) is 0 Å². The third kappa shape index (κ3) is 6.59. The van der Waals surface area contributed by atoms with Crippen molar-refractivity contribution in [1.29, 1.82) is 5.26 Å². The normalized spacial score (nSPS) is 10.9. The van der Waals surface area contributed by atoms with Crippen molar-refractivity contribution < 1.29 is 0 Å². The number of hydrogen-bond donors (Lipinski definition) is 2. The summed E-state index contributed by atoms with van der Waals surface area (Å²) < 4.78 is 0. The fourth-order valence-corrected chi connectivity index (χ4v) is 5.61. The highest BCUT2D eigenvalue weighted by atomic mass is 35.5. The Labute approximate surface area is 232 Å². The minimum Gasteiger partial charge on any atom is -0.384 e. The Morgan fingerprint density at radius 2 is 1.50 bits per heavy atom. The number of nitrogens with zero attached hydrogens (tertiary/aromatic N) is 2. The van der Waals surface area contributed by atoms with Gasteiger partial charge in [0, 0.05) is 45.1 Å². The summed E-state index contributed by atoms with van der Waals surface area (Å²) >= 11 is 7.86. The van der Waals surface area contributed by atoms with Gasteiger partial charge in [-0.2, -0.15) is 5.26 Å². The van der Waals surface area contributed by atoms with E-state index in [4.69, 9.17) is 16.9 Å². The zero-order valence-electron chi connectivity index (χ0n) is 21.1. The summed E-state index contributed by atoms with van der Waals surface area (Å²) in [5.41, 5.74) is 6.39. The highest BCUT2D eigenvalue weighted by Gasteiger charge is 2.06. The van der Waals surface area contributed by atoms with E-state index in [0.29, 0.717) is 10.6 Å². The van der Waals surface area contributed by atoms with Gasteiger partial charge in [-0.3, -0.25) is 4.98 Å². The molecule has 0 aliphatic carbocycles. The number of anilines is 1. The molecule has 2 N–H and O–H groups in total. The van der Waals surface area contributed by atoms with Crippen molar-refractivity contribution in [2.75, 3.05) is 18.4 Å². The molecular formula is C32H29ClN4S. The smallest absolute Gasteiger partial charge is 0.0991 e. The highest BCUT2D eigenvalue weighted by Crippen LogP contribution is 2.34. The number of nitrogens with one attached hydrogen (secondary N) is 2. The summed E-state index contributed by atoms with van der Waals surface area (Å²) in [6.07, 6.45) is 5.28. The number of nitriles is 1. The molecular weight excluding hydrogens is 508 g/mol. The van der Waals surface area contributed by atoms with Crippen LogP contribution in [0, 0.1) is 11.3 Å². The first kappa shape index (κ1) is 25.9. The van der Waals surface area contributed by atoms with E-state index in [-0.39, 0.29) is 0 Å². The molecule has 0 fully saturated rings. The van der Waals surface area contributed by atoms with Crippen LogP contribution in [0.5, 0.6) is 0 Å². The van der Waals surface area contributed by atoms with Crippen molar-refractivity contribution in [1.82, 2.24) is 10.3 Å². The maximum atomic E-state index is 9.00. The van der Waals surface area contributed by atoms with E-state index in [2.05, 4.69) is 58.1 Å². The second kappa shape index (κ2) is 12.7. The number of rotatable bonds is 11. The van der Waals surface area contributed by atoms with E-state index in [9.17, 15) is 0 Å². The molecule has 5 aromatic rings. The van der Waals surface area contributed by atoms with Gasteiger partial charge in [-0.1, -0.05) is 54.4 Å². The lowest BCUT2D eigenvalue weighted by Crippen LogP contribution is -2.15. The van der Waals surface area contributed by atoms with E-state index in [1.165, 1.54) is 27.3 Å². The van der Waals surface area contributed by atoms with E-state index in [1.54, 1.807) is 11.3 Å². The summed E-state index contributed by atoms with van der Waals surface area (Å²) in [5.74, 6) is 0. The standard InChI is InChI=1S/C32H29ClN4S/c33-27-12-13-28-29(16-19-37-30(28)20-27)36-18-3-1-2-17-35-22-24-6-10-26(11-7-24)32-15-14-31(38-32)25-8-4-23(21-34)5-9-25/h4-16,19-20,35H,1-3,17-18,22H2,(H,36,37). The van der Waals surface area contributed by atoms with Gasteiger partial charge in [-0.25, -0.2) is 0 Å². The first-order valence-corrected chi connectivity index (χ1v) is 14.1. The Balaban J connectivity index is 1.01. The molecule has 0 saturated carbocycles. The first-order valence-electron chi connectivity index (χ1n) is 12.9. The number of thiophene rings is 1. The van der Waals surface area contributed by atoms with Crippen LogP contribution in [0.15, 0.2) is 91.1 Å². The number of unbranched alkanes of at least 4 members (excludes halogenated alkanes) is 2. The van der Waals surface area contributed by atoms with Crippen molar-refractivity contribution in [3.05, 3.63) is 107 Å². The molecule has 0 bridgehead atoms. The number of benzene rings is 3. The average molecular weight is 537 g/mol. The third-order valence-electron chi connectivity index (χ3n) is 6.52. The number of aromatic nitrogens is 1. The van der Waals surface area contributed by atoms with Crippen LogP contribution in [-0.4, -0.2) is 18.1 Å². The van der Waals surface area contributed by atoms with Crippen LogP contribution >= 0.6 is 22.9 Å². The SMILES string of the molecule is N#Cc1ccc(-c2ccc(-c3ccc(CNCCCCCNc4ccnc5cc(Cl)ccc45)cc3)s2)cc1. The van der Waals surface area contributed by atoms with Gasteiger partial charge in [0.15, 0.2) is 0 Å². The van der Waals surface area contributed by atoms with Crippen molar-refractivity contribution in [3.63, 3.8) is 0 Å². The molecule has 0 amide bonds. The minimum absolute atomic E-state index is 0.688. The van der Waals surface area contributed by atoms with Gasteiger partial charge in [0.1, 0.15) is 0 Å². The van der Waals surface area contributed by atoms with Crippen LogP contribution in [-0.2, 0) is 6.54 Å². The van der Waals surface area contributed by atoms with Crippen LogP contribution in [0.1, 0.15) is 30.4 Å². The highest BCUT2D eigenvalue weighted by molar-refractivity contribution is 7.18. The number of fused-ring (bicyclic) bond motifs is 1. The van der Waals surface area contributed by atoms with Gasteiger partial charge in [0.05, 0.1) is 17.1 Å². The molecule has 3 aromatic carbocycles. The predicted molar refractivity (Wildman–Crippen MR) is 161 cm³/mol. The molecule has 2 heterocycles.